The molecule has 2 aromatic rings. The number of nitrogens with two attached hydrogens (primary N) is 1. The summed E-state index contributed by atoms with van der Waals surface area (Å²) in [5, 5.41) is 0. The predicted molar refractivity (Wildman–Crippen MR) is 77.5 cm³/mol. The minimum Gasteiger partial charge on any atom is -0.384 e. The fraction of sp³-hybridized carbons (Fsp3) is 0.312. The summed E-state index contributed by atoms with van der Waals surface area (Å²) in [4.78, 5) is 6.75. The molecule has 0 bridgehead atoms. The third-order valence-electron chi connectivity index (χ3n) is 3.79. The van der Waals surface area contributed by atoms with Crippen molar-refractivity contribution in [2.45, 2.75) is 25.4 Å². The second-order valence-electron chi connectivity index (χ2n) is 5.13. The van der Waals surface area contributed by atoms with Crippen LogP contribution in [0.15, 0.2) is 48.7 Å². The zero-order valence-corrected chi connectivity index (χ0v) is 11.0. The van der Waals surface area contributed by atoms with E-state index in [1.165, 1.54) is 24.0 Å². The van der Waals surface area contributed by atoms with Crippen molar-refractivity contribution in [2.24, 2.45) is 0 Å². The van der Waals surface area contributed by atoms with Crippen LogP contribution in [0.4, 0.5) is 5.82 Å². The van der Waals surface area contributed by atoms with Crippen molar-refractivity contribution in [1.82, 2.24) is 9.88 Å². The van der Waals surface area contributed by atoms with Crippen LogP contribution in [0.25, 0.3) is 0 Å². The van der Waals surface area contributed by atoms with Gasteiger partial charge in [-0.3, -0.25) is 4.90 Å². The smallest absolute Gasteiger partial charge is 0.123 e. The van der Waals surface area contributed by atoms with E-state index in [1.54, 1.807) is 0 Å². The van der Waals surface area contributed by atoms with Crippen molar-refractivity contribution < 1.29 is 0 Å². The average Bonchev–Trinajstić information content (AvgIpc) is 2.89. The lowest BCUT2D eigenvalue weighted by molar-refractivity contribution is 0.248. The molecule has 3 rings (SSSR count). The molecule has 0 radical (unpaired) electrons. The van der Waals surface area contributed by atoms with Crippen LogP contribution in [0.3, 0.4) is 0 Å². The Kier molecular flexibility index (Phi) is 3.47. The summed E-state index contributed by atoms with van der Waals surface area (Å²) in [7, 11) is 0. The Morgan fingerprint density at radius 1 is 1.16 bits per heavy atom. The van der Waals surface area contributed by atoms with Crippen molar-refractivity contribution in [1.29, 1.82) is 0 Å². The first-order chi connectivity index (χ1) is 9.33. The molecule has 2 heterocycles. The third-order valence-corrected chi connectivity index (χ3v) is 3.79. The number of hydrogen-bond acceptors (Lipinski definition) is 3. The molecule has 3 heteroatoms. The lowest BCUT2D eigenvalue weighted by Crippen LogP contribution is -2.22. The van der Waals surface area contributed by atoms with Gasteiger partial charge in [-0.2, -0.15) is 0 Å². The first-order valence-electron chi connectivity index (χ1n) is 6.82. The van der Waals surface area contributed by atoms with Crippen molar-refractivity contribution >= 4 is 5.82 Å². The van der Waals surface area contributed by atoms with Gasteiger partial charge in [0.1, 0.15) is 5.82 Å². The van der Waals surface area contributed by atoms with E-state index in [-0.39, 0.29) is 0 Å². The second-order valence-corrected chi connectivity index (χ2v) is 5.13. The fourth-order valence-corrected chi connectivity index (χ4v) is 2.82. The fourth-order valence-electron chi connectivity index (χ4n) is 2.82. The second kappa shape index (κ2) is 5.41. The molecular weight excluding hydrogens is 234 g/mol. The number of anilines is 1. The average molecular weight is 253 g/mol. The van der Waals surface area contributed by atoms with Crippen LogP contribution in [0.2, 0.25) is 0 Å². The van der Waals surface area contributed by atoms with E-state index in [9.17, 15) is 0 Å². The monoisotopic (exact) mass is 253 g/mol. The predicted octanol–water partition coefficient (Wildman–Crippen LogP) is 3.00. The van der Waals surface area contributed by atoms with Crippen LogP contribution in [0.1, 0.15) is 30.0 Å². The van der Waals surface area contributed by atoms with Crippen molar-refractivity contribution in [3.8, 4) is 0 Å². The Hall–Kier alpha value is -1.87. The summed E-state index contributed by atoms with van der Waals surface area (Å²) in [6.45, 7) is 2.17. The van der Waals surface area contributed by atoms with Gasteiger partial charge in [0, 0.05) is 18.8 Å². The van der Waals surface area contributed by atoms with Crippen LogP contribution in [-0.4, -0.2) is 16.4 Å². The Morgan fingerprint density at radius 3 is 2.74 bits per heavy atom. The zero-order valence-electron chi connectivity index (χ0n) is 11.0. The molecule has 0 spiro atoms. The van der Waals surface area contributed by atoms with Crippen LogP contribution in [0.5, 0.6) is 0 Å². The summed E-state index contributed by atoms with van der Waals surface area (Å²) >= 11 is 0. The van der Waals surface area contributed by atoms with Gasteiger partial charge in [-0.1, -0.05) is 36.4 Å². The maximum absolute atomic E-state index is 5.66. The lowest BCUT2D eigenvalue weighted by Gasteiger charge is -2.24. The summed E-state index contributed by atoms with van der Waals surface area (Å²) < 4.78 is 0. The molecule has 2 N–H and O–H groups in total. The van der Waals surface area contributed by atoms with Gasteiger partial charge in [-0.05, 0) is 36.6 Å². The highest BCUT2D eigenvalue weighted by Crippen LogP contribution is 2.32. The van der Waals surface area contributed by atoms with E-state index in [4.69, 9.17) is 5.73 Å². The molecule has 0 aliphatic carbocycles. The van der Waals surface area contributed by atoms with Crippen molar-refractivity contribution in [3.63, 3.8) is 0 Å². The van der Waals surface area contributed by atoms with E-state index in [0.29, 0.717) is 11.9 Å². The minimum absolute atomic E-state index is 0.480. The van der Waals surface area contributed by atoms with Crippen LogP contribution in [0, 0.1) is 0 Å². The van der Waals surface area contributed by atoms with Gasteiger partial charge in [-0.15, -0.1) is 0 Å². The molecule has 98 valence electrons. The van der Waals surface area contributed by atoms with E-state index >= 15 is 0 Å². The molecule has 1 aliphatic heterocycles. The van der Waals surface area contributed by atoms with E-state index in [0.717, 1.165) is 13.1 Å². The largest absolute Gasteiger partial charge is 0.384 e. The Labute approximate surface area is 114 Å². The SMILES string of the molecule is Nc1ccc([C@H]2CCCN2Cc2ccccc2)cn1. The highest BCUT2D eigenvalue weighted by atomic mass is 15.2. The molecule has 1 atom stereocenters. The van der Waals surface area contributed by atoms with Crippen molar-refractivity contribution in [3.05, 3.63) is 59.8 Å². The topological polar surface area (TPSA) is 42.1 Å². The van der Waals surface area contributed by atoms with Gasteiger partial charge in [-0.25, -0.2) is 4.98 Å². The normalized spacial score (nSPS) is 19.7. The number of nitrogens with zero attached hydrogens (tertiary/aromatic N) is 2. The highest BCUT2D eigenvalue weighted by molar-refractivity contribution is 5.31. The number of nitrogen functional groups attached to an aromatic ring is 1. The van der Waals surface area contributed by atoms with Gasteiger partial charge in [0.15, 0.2) is 0 Å². The third kappa shape index (κ3) is 2.76. The number of hydrogen-bond donors (Lipinski definition) is 1. The minimum atomic E-state index is 0.480. The number of likely N-dealkylation sites (tertiary alicyclic amines) is 1. The molecule has 1 aliphatic rings. The summed E-state index contributed by atoms with van der Waals surface area (Å²) in [5.74, 6) is 0.594. The van der Waals surface area contributed by atoms with Gasteiger partial charge in [0.25, 0.3) is 0 Å². The van der Waals surface area contributed by atoms with Crippen molar-refractivity contribution in [2.75, 3.05) is 12.3 Å². The van der Waals surface area contributed by atoms with Gasteiger partial charge >= 0.3 is 0 Å². The maximum atomic E-state index is 5.66. The number of aromatic nitrogens is 1. The molecule has 3 nitrogen and oxygen atoms in total. The molecule has 1 fully saturated rings. The molecule has 0 amide bonds. The van der Waals surface area contributed by atoms with Crippen LogP contribution >= 0.6 is 0 Å². The first-order valence-corrected chi connectivity index (χ1v) is 6.82. The van der Waals surface area contributed by atoms with Crippen LogP contribution < -0.4 is 5.73 Å². The molecule has 19 heavy (non-hydrogen) atoms. The molecular formula is C16H19N3. The molecule has 1 aromatic heterocycles. The van der Waals surface area contributed by atoms with Crippen LogP contribution in [-0.2, 0) is 6.54 Å². The molecule has 1 aromatic carbocycles. The van der Waals surface area contributed by atoms with E-state index in [1.807, 2.05) is 12.3 Å². The van der Waals surface area contributed by atoms with Gasteiger partial charge in [0.05, 0.1) is 0 Å². The number of benzene rings is 1. The number of rotatable bonds is 3. The van der Waals surface area contributed by atoms with Gasteiger partial charge < -0.3 is 5.73 Å². The highest BCUT2D eigenvalue weighted by Gasteiger charge is 2.25. The summed E-state index contributed by atoms with van der Waals surface area (Å²) in [6.07, 6.45) is 4.38. The summed E-state index contributed by atoms with van der Waals surface area (Å²) in [6, 6.07) is 15.1. The zero-order chi connectivity index (χ0) is 13.1. The first kappa shape index (κ1) is 12.2. The molecule has 0 unspecified atom stereocenters. The summed E-state index contributed by atoms with van der Waals surface area (Å²) in [5.41, 5.74) is 8.31. The van der Waals surface area contributed by atoms with E-state index < -0.39 is 0 Å². The van der Waals surface area contributed by atoms with Gasteiger partial charge in [0.2, 0.25) is 0 Å². The Balaban J connectivity index is 1.76. The van der Waals surface area contributed by atoms with E-state index in [2.05, 4.69) is 46.3 Å². The lowest BCUT2D eigenvalue weighted by atomic mass is 10.1. The maximum Gasteiger partial charge on any atom is 0.123 e. The quantitative estimate of drug-likeness (QED) is 0.914. The Bertz CT molecular complexity index is 521. The molecule has 0 saturated carbocycles. The molecule has 1 saturated heterocycles. The number of pyridine rings is 1. The standard InChI is InChI=1S/C16H19N3/c17-16-9-8-14(11-18-16)15-7-4-10-19(15)12-13-5-2-1-3-6-13/h1-3,5-6,8-9,11,15H,4,7,10,12H2,(H2,17,18)/t15-/m1/s1. The Morgan fingerprint density at radius 2 is 2.00 bits per heavy atom.